The van der Waals surface area contributed by atoms with Crippen molar-refractivity contribution in [1.29, 1.82) is 0 Å². The fourth-order valence-electron chi connectivity index (χ4n) is 3.90. The Labute approximate surface area is 184 Å². The number of fused-ring (bicyclic) bond motifs is 1. The maximum atomic E-state index is 13.0. The first-order valence-corrected chi connectivity index (χ1v) is 11.0. The van der Waals surface area contributed by atoms with Gasteiger partial charge in [0, 0.05) is 36.1 Å². The van der Waals surface area contributed by atoms with Crippen LogP contribution in [0.25, 0.3) is 5.65 Å². The summed E-state index contributed by atoms with van der Waals surface area (Å²) in [4.78, 5) is 21.4. The molecule has 0 atom stereocenters. The van der Waals surface area contributed by atoms with Crippen molar-refractivity contribution in [3.63, 3.8) is 0 Å². The molecule has 2 aliphatic rings. The fraction of sp³-hybridized carbons (Fsp3) is 0.429. The number of aromatic nitrogens is 4. The Morgan fingerprint density at radius 3 is 2.55 bits per heavy atom. The third-order valence-corrected chi connectivity index (χ3v) is 5.95. The molecule has 3 aromatic heterocycles. The molecule has 0 aromatic carbocycles. The molecule has 9 nitrogen and oxygen atoms in total. The first kappa shape index (κ1) is 20.0. The molecule has 2 aliphatic carbocycles. The number of hydrogen-bond acceptors (Lipinski definition) is 7. The molecular formula is C21H25ClN8O. The SMILES string of the molecule is N[C@H]1CC[C@H](Nc2cc(NC3CC3)c3ncc(C(=O)Nc4ccnc(Cl)c4)n3n2)CC1. The summed E-state index contributed by atoms with van der Waals surface area (Å²) >= 11 is 5.93. The highest BCUT2D eigenvalue weighted by atomic mass is 35.5. The number of hydrogen-bond donors (Lipinski definition) is 4. The second-order valence-electron chi connectivity index (χ2n) is 8.32. The Morgan fingerprint density at radius 1 is 1.06 bits per heavy atom. The lowest BCUT2D eigenvalue weighted by atomic mass is 9.92. The van der Waals surface area contributed by atoms with Gasteiger partial charge in [-0.15, -0.1) is 5.10 Å². The van der Waals surface area contributed by atoms with Crippen molar-refractivity contribution in [2.24, 2.45) is 5.73 Å². The normalized spacial score (nSPS) is 21.1. The van der Waals surface area contributed by atoms with Gasteiger partial charge in [-0.05, 0) is 50.7 Å². The van der Waals surface area contributed by atoms with E-state index in [-0.39, 0.29) is 11.9 Å². The van der Waals surface area contributed by atoms with Crippen LogP contribution < -0.4 is 21.7 Å². The summed E-state index contributed by atoms with van der Waals surface area (Å²) in [5.74, 6) is 0.399. The van der Waals surface area contributed by atoms with E-state index >= 15 is 0 Å². The molecule has 2 fully saturated rings. The molecule has 0 saturated heterocycles. The molecule has 0 spiro atoms. The van der Waals surface area contributed by atoms with E-state index in [1.165, 1.54) is 0 Å². The zero-order chi connectivity index (χ0) is 21.4. The molecule has 5 N–H and O–H groups in total. The predicted octanol–water partition coefficient (Wildman–Crippen LogP) is 3.29. The first-order chi connectivity index (χ1) is 15.0. The zero-order valence-electron chi connectivity index (χ0n) is 17.0. The molecule has 162 valence electrons. The van der Waals surface area contributed by atoms with Gasteiger partial charge < -0.3 is 21.7 Å². The summed E-state index contributed by atoms with van der Waals surface area (Å²) in [6.45, 7) is 0. The number of carbonyl (C=O) groups is 1. The van der Waals surface area contributed by atoms with Gasteiger partial charge in [-0.25, -0.2) is 14.5 Å². The van der Waals surface area contributed by atoms with E-state index in [0.29, 0.717) is 34.3 Å². The average Bonchev–Trinajstić information content (AvgIpc) is 3.45. The monoisotopic (exact) mass is 440 g/mol. The molecule has 10 heteroatoms. The minimum absolute atomic E-state index is 0.284. The molecule has 0 aliphatic heterocycles. The van der Waals surface area contributed by atoms with Crippen molar-refractivity contribution in [2.75, 3.05) is 16.0 Å². The fourth-order valence-corrected chi connectivity index (χ4v) is 4.07. The number of rotatable bonds is 6. The molecule has 5 rings (SSSR count). The van der Waals surface area contributed by atoms with Crippen molar-refractivity contribution in [1.82, 2.24) is 19.6 Å². The number of carbonyl (C=O) groups excluding carboxylic acids is 1. The summed E-state index contributed by atoms with van der Waals surface area (Å²) < 4.78 is 1.60. The molecule has 31 heavy (non-hydrogen) atoms. The third-order valence-electron chi connectivity index (χ3n) is 5.75. The van der Waals surface area contributed by atoms with Crippen LogP contribution >= 0.6 is 11.6 Å². The van der Waals surface area contributed by atoms with Crippen LogP contribution in [0.1, 0.15) is 49.0 Å². The number of amides is 1. The second kappa shape index (κ2) is 8.32. The minimum atomic E-state index is -0.319. The van der Waals surface area contributed by atoms with Crippen LogP contribution in [0.2, 0.25) is 5.15 Å². The van der Waals surface area contributed by atoms with Crippen LogP contribution in [0.15, 0.2) is 30.6 Å². The lowest BCUT2D eigenvalue weighted by molar-refractivity contribution is 0.102. The highest BCUT2D eigenvalue weighted by Gasteiger charge is 2.25. The van der Waals surface area contributed by atoms with E-state index in [2.05, 4.69) is 31.0 Å². The minimum Gasteiger partial charge on any atom is -0.379 e. The van der Waals surface area contributed by atoms with E-state index in [1.54, 1.807) is 29.0 Å². The summed E-state index contributed by atoms with van der Waals surface area (Å²) in [5.41, 5.74) is 8.44. The lowest BCUT2D eigenvalue weighted by Crippen LogP contribution is -2.33. The Morgan fingerprint density at radius 2 is 1.81 bits per heavy atom. The van der Waals surface area contributed by atoms with Crippen molar-refractivity contribution >= 4 is 40.3 Å². The van der Waals surface area contributed by atoms with Crippen LogP contribution in [-0.2, 0) is 0 Å². The van der Waals surface area contributed by atoms with Gasteiger partial charge in [0.15, 0.2) is 11.3 Å². The van der Waals surface area contributed by atoms with Gasteiger partial charge in [0.1, 0.15) is 11.0 Å². The predicted molar refractivity (Wildman–Crippen MR) is 121 cm³/mol. The number of anilines is 3. The second-order valence-corrected chi connectivity index (χ2v) is 8.71. The van der Waals surface area contributed by atoms with Gasteiger partial charge in [-0.1, -0.05) is 11.6 Å². The van der Waals surface area contributed by atoms with Gasteiger partial charge in [0.2, 0.25) is 0 Å². The molecule has 3 aromatic rings. The number of nitrogens with two attached hydrogens (primary N) is 1. The molecule has 0 radical (unpaired) electrons. The Bertz CT molecular complexity index is 1100. The van der Waals surface area contributed by atoms with Gasteiger partial charge in [0.05, 0.1) is 11.9 Å². The molecule has 2 saturated carbocycles. The lowest BCUT2D eigenvalue weighted by Gasteiger charge is -2.27. The largest absolute Gasteiger partial charge is 0.379 e. The standard InChI is InChI=1S/C21H25ClN8O/c22-18-9-15(7-8-24-18)28-21(31)17-11-25-20-16(26-13-5-6-13)10-19(29-30(17)20)27-14-3-1-12(23)2-4-14/h7-14,26H,1-6,23H2,(H,27,29)(H,24,28,31)/t12-,14-. The average molecular weight is 441 g/mol. The van der Waals surface area contributed by atoms with E-state index in [0.717, 1.165) is 50.0 Å². The Kier molecular flexibility index (Phi) is 5.37. The first-order valence-electron chi connectivity index (χ1n) is 10.7. The maximum Gasteiger partial charge on any atom is 0.276 e. The number of pyridine rings is 1. The Balaban J connectivity index is 1.45. The number of halogens is 1. The van der Waals surface area contributed by atoms with Gasteiger partial charge in [0.25, 0.3) is 5.91 Å². The van der Waals surface area contributed by atoms with Crippen LogP contribution in [0, 0.1) is 0 Å². The van der Waals surface area contributed by atoms with Crippen LogP contribution in [0.5, 0.6) is 0 Å². The van der Waals surface area contributed by atoms with Crippen LogP contribution in [0.3, 0.4) is 0 Å². The molecule has 1 amide bonds. The van der Waals surface area contributed by atoms with E-state index < -0.39 is 0 Å². The third kappa shape index (κ3) is 4.57. The number of nitrogens with zero attached hydrogens (tertiary/aromatic N) is 4. The summed E-state index contributed by atoms with van der Waals surface area (Å²) in [5, 5.41) is 14.9. The van der Waals surface area contributed by atoms with E-state index in [9.17, 15) is 4.79 Å². The molecule has 3 heterocycles. The highest BCUT2D eigenvalue weighted by Crippen LogP contribution is 2.29. The smallest absolute Gasteiger partial charge is 0.276 e. The molecule has 0 unspecified atom stereocenters. The zero-order valence-corrected chi connectivity index (χ0v) is 17.8. The van der Waals surface area contributed by atoms with Crippen molar-refractivity contribution in [3.8, 4) is 0 Å². The maximum absolute atomic E-state index is 13.0. The van der Waals surface area contributed by atoms with Gasteiger partial charge >= 0.3 is 0 Å². The van der Waals surface area contributed by atoms with Gasteiger partial charge in [-0.3, -0.25) is 4.79 Å². The number of imidazole rings is 1. The van der Waals surface area contributed by atoms with Crippen molar-refractivity contribution < 1.29 is 4.79 Å². The number of nitrogens with one attached hydrogen (secondary N) is 3. The van der Waals surface area contributed by atoms with Gasteiger partial charge in [-0.2, -0.15) is 0 Å². The van der Waals surface area contributed by atoms with Crippen molar-refractivity contribution in [2.45, 2.75) is 56.7 Å². The quantitative estimate of drug-likeness (QED) is 0.434. The van der Waals surface area contributed by atoms with E-state index in [1.807, 2.05) is 6.07 Å². The van der Waals surface area contributed by atoms with Crippen molar-refractivity contribution in [3.05, 3.63) is 41.4 Å². The van der Waals surface area contributed by atoms with Crippen LogP contribution in [0.4, 0.5) is 17.2 Å². The molecular weight excluding hydrogens is 416 g/mol. The summed E-state index contributed by atoms with van der Waals surface area (Å²) in [6, 6.07) is 6.31. The van der Waals surface area contributed by atoms with E-state index in [4.69, 9.17) is 17.3 Å². The summed E-state index contributed by atoms with van der Waals surface area (Å²) in [7, 11) is 0. The molecule has 0 bridgehead atoms. The summed E-state index contributed by atoms with van der Waals surface area (Å²) in [6.07, 6.45) is 9.37. The highest BCUT2D eigenvalue weighted by molar-refractivity contribution is 6.29. The topological polar surface area (TPSA) is 122 Å². The van der Waals surface area contributed by atoms with Crippen LogP contribution in [-0.4, -0.2) is 43.6 Å². The Hall–Kier alpha value is -2.91.